The molecular weight excluding hydrogens is 439 g/mol. The Hall–Kier alpha value is -0.860. The second kappa shape index (κ2) is 13.3. The second-order valence-corrected chi connectivity index (χ2v) is 6.74. The van der Waals surface area contributed by atoms with E-state index >= 15 is 0 Å². The third kappa shape index (κ3) is 8.22. The van der Waals surface area contributed by atoms with Gasteiger partial charge in [0.05, 0.1) is 19.8 Å². The maximum atomic E-state index is 5.42. The molecule has 1 heterocycles. The van der Waals surface area contributed by atoms with Gasteiger partial charge >= 0.3 is 0 Å². The molecule has 26 heavy (non-hydrogen) atoms. The van der Waals surface area contributed by atoms with Crippen LogP contribution in [0.25, 0.3) is 0 Å². The van der Waals surface area contributed by atoms with Gasteiger partial charge in [-0.05, 0) is 31.7 Å². The van der Waals surface area contributed by atoms with Crippen molar-refractivity contribution in [3.63, 3.8) is 0 Å². The van der Waals surface area contributed by atoms with Gasteiger partial charge in [-0.2, -0.15) is 0 Å². The molecule has 1 fully saturated rings. The molecule has 0 amide bonds. The maximum Gasteiger partial charge on any atom is 0.191 e. The monoisotopic (exact) mass is 474 g/mol. The van der Waals surface area contributed by atoms with Crippen molar-refractivity contribution in [2.45, 2.75) is 39.2 Å². The molecule has 0 bridgehead atoms. The number of nitrogens with one attached hydrogen (secondary N) is 2. The zero-order valence-electron chi connectivity index (χ0n) is 16.4. The van der Waals surface area contributed by atoms with Crippen LogP contribution >= 0.6 is 24.0 Å². The number of aliphatic imine (C=N–C) groups is 1. The lowest BCUT2D eigenvalue weighted by atomic mass is 9.98. The molecule has 1 aliphatic heterocycles. The minimum Gasteiger partial charge on any atom is -0.379 e. The van der Waals surface area contributed by atoms with Gasteiger partial charge in [-0.25, -0.2) is 0 Å². The average Bonchev–Trinajstić information content (AvgIpc) is 2.67. The minimum atomic E-state index is 0. The molecule has 148 valence electrons. The first kappa shape index (κ1) is 23.2. The zero-order valence-corrected chi connectivity index (χ0v) is 18.7. The van der Waals surface area contributed by atoms with E-state index in [0.29, 0.717) is 12.0 Å². The molecule has 0 saturated carbocycles. The SMILES string of the molecule is CCNC(=NCC(C)N1CCOCC1)NCCC(C)c1ccccc1.I. The van der Waals surface area contributed by atoms with Crippen molar-refractivity contribution >= 4 is 29.9 Å². The van der Waals surface area contributed by atoms with Crippen molar-refractivity contribution in [2.75, 3.05) is 45.9 Å². The lowest BCUT2D eigenvalue weighted by molar-refractivity contribution is 0.0220. The summed E-state index contributed by atoms with van der Waals surface area (Å²) in [6.45, 7) is 12.9. The summed E-state index contributed by atoms with van der Waals surface area (Å²) >= 11 is 0. The van der Waals surface area contributed by atoms with Crippen LogP contribution in [0.2, 0.25) is 0 Å². The number of guanidine groups is 1. The molecule has 1 aromatic carbocycles. The molecule has 2 N–H and O–H groups in total. The summed E-state index contributed by atoms with van der Waals surface area (Å²) in [5.41, 5.74) is 1.40. The molecule has 6 heteroatoms. The fraction of sp³-hybridized carbons (Fsp3) is 0.650. The first-order valence-electron chi connectivity index (χ1n) is 9.59. The Labute approximate surface area is 176 Å². The summed E-state index contributed by atoms with van der Waals surface area (Å²) in [7, 11) is 0. The van der Waals surface area contributed by atoms with Crippen LogP contribution in [0.4, 0.5) is 0 Å². The lowest BCUT2D eigenvalue weighted by Crippen LogP contribution is -2.44. The number of nitrogens with zero attached hydrogens (tertiary/aromatic N) is 2. The molecule has 5 nitrogen and oxygen atoms in total. The number of hydrogen-bond donors (Lipinski definition) is 2. The van der Waals surface area contributed by atoms with Gasteiger partial charge in [-0.15, -0.1) is 24.0 Å². The predicted molar refractivity (Wildman–Crippen MR) is 121 cm³/mol. The maximum absolute atomic E-state index is 5.42. The van der Waals surface area contributed by atoms with Gasteiger partial charge in [0.1, 0.15) is 0 Å². The number of benzene rings is 1. The van der Waals surface area contributed by atoms with Crippen molar-refractivity contribution in [3.05, 3.63) is 35.9 Å². The van der Waals surface area contributed by atoms with Crippen LogP contribution in [-0.4, -0.2) is 62.8 Å². The average molecular weight is 474 g/mol. The highest BCUT2D eigenvalue weighted by atomic mass is 127. The summed E-state index contributed by atoms with van der Waals surface area (Å²) in [6, 6.07) is 11.1. The zero-order chi connectivity index (χ0) is 17.9. The van der Waals surface area contributed by atoms with E-state index in [1.165, 1.54) is 5.56 Å². The third-order valence-corrected chi connectivity index (χ3v) is 4.77. The predicted octanol–water partition coefficient (Wildman–Crippen LogP) is 3.07. The van der Waals surface area contributed by atoms with Crippen molar-refractivity contribution in [1.29, 1.82) is 0 Å². The highest BCUT2D eigenvalue weighted by molar-refractivity contribution is 14.0. The number of morpholine rings is 1. The summed E-state index contributed by atoms with van der Waals surface area (Å²) < 4.78 is 5.42. The summed E-state index contributed by atoms with van der Waals surface area (Å²) in [6.07, 6.45) is 1.09. The van der Waals surface area contributed by atoms with Gasteiger partial charge in [0.2, 0.25) is 0 Å². The molecule has 2 atom stereocenters. The van der Waals surface area contributed by atoms with Crippen molar-refractivity contribution in [2.24, 2.45) is 4.99 Å². The third-order valence-electron chi connectivity index (χ3n) is 4.77. The summed E-state index contributed by atoms with van der Waals surface area (Å²) in [5, 5.41) is 6.83. The van der Waals surface area contributed by atoms with Gasteiger partial charge in [0, 0.05) is 32.2 Å². The van der Waals surface area contributed by atoms with Gasteiger partial charge in [-0.3, -0.25) is 9.89 Å². The lowest BCUT2D eigenvalue weighted by Gasteiger charge is -2.31. The number of ether oxygens (including phenoxy) is 1. The van der Waals surface area contributed by atoms with Crippen molar-refractivity contribution in [3.8, 4) is 0 Å². The van der Waals surface area contributed by atoms with E-state index in [9.17, 15) is 0 Å². The van der Waals surface area contributed by atoms with E-state index in [1.54, 1.807) is 0 Å². The molecule has 0 aliphatic carbocycles. The summed E-state index contributed by atoms with van der Waals surface area (Å²) in [4.78, 5) is 7.22. The molecule has 0 aromatic heterocycles. The van der Waals surface area contributed by atoms with Crippen molar-refractivity contribution < 1.29 is 4.74 Å². The smallest absolute Gasteiger partial charge is 0.191 e. The highest BCUT2D eigenvalue weighted by Gasteiger charge is 2.16. The Morgan fingerprint density at radius 3 is 2.50 bits per heavy atom. The van der Waals surface area contributed by atoms with Crippen LogP contribution in [0.3, 0.4) is 0 Å². The van der Waals surface area contributed by atoms with Crippen molar-refractivity contribution in [1.82, 2.24) is 15.5 Å². The highest BCUT2D eigenvalue weighted by Crippen LogP contribution is 2.17. The Morgan fingerprint density at radius 2 is 1.85 bits per heavy atom. The van der Waals surface area contributed by atoms with Crippen LogP contribution in [0.5, 0.6) is 0 Å². The van der Waals surface area contributed by atoms with Gasteiger partial charge in [-0.1, -0.05) is 37.3 Å². The van der Waals surface area contributed by atoms with Crippen LogP contribution < -0.4 is 10.6 Å². The van der Waals surface area contributed by atoms with Gasteiger partial charge in [0.25, 0.3) is 0 Å². The number of hydrogen-bond acceptors (Lipinski definition) is 3. The number of halogens is 1. The number of rotatable bonds is 8. The first-order chi connectivity index (χ1) is 12.2. The molecule has 2 rings (SSSR count). The van der Waals surface area contributed by atoms with E-state index in [0.717, 1.165) is 58.3 Å². The molecule has 0 spiro atoms. The van der Waals surface area contributed by atoms with E-state index in [2.05, 4.69) is 66.6 Å². The Kier molecular flexibility index (Phi) is 11.9. The fourth-order valence-electron chi connectivity index (χ4n) is 3.05. The molecule has 0 radical (unpaired) electrons. The van der Waals surface area contributed by atoms with Gasteiger partial charge < -0.3 is 15.4 Å². The van der Waals surface area contributed by atoms with E-state index in [-0.39, 0.29) is 24.0 Å². The minimum absolute atomic E-state index is 0. The fourth-order valence-corrected chi connectivity index (χ4v) is 3.05. The molecule has 1 saturated heterocycles. The second-order valence-electron chi connectivity index (χ2n) is 6.74. The van der Waals surface area contributed by atoms with E-state index < -0.39 is 0 Å². The molecule has 1 aliphatic rings. The van der Waals surface area contributed by atoms with E-state index in [1.807, 2.05) is 0 Å². The van der Waals surface area contributed by atoms with Crippen LogP contribution in [0.15, 0.2) is 35.3 Å². The molecule has 1 aromatic rings. The van der Waals surface area contributed by atoms with Crippen LogP contribution in [-0.2, 0) is 4.74 Å². The van der Waals surface area contributed by atoms with Crippen LogP contribution in [0.1, 0.15) is 38.7 Å². The largest absolute Gasteiger partial charge is 0.379 e. The molecule has 2 unspecified atom stereocenters. The summed E-state index contributed by atoms with van der Waals surface area (Å²) in [5.74, 6) is 1.46. The topological polar surface area (TPSA) is 48.9 Å². The van der Waals surface area contributed by atoms with Crippen LogP contribution in [0, 0.1) is 0 Å². The quantitative estimate of drug-likeness (QED) is 0.346. The van der Waals surface area contributed by atoms with E-state index in [4.69, 9.17) is 9.73 Å². The Morgan fingerprint density at radius 1 is 1.15 bits per heavy atom. The Balaban J connectivity index is 0.00000338. The normalized spacial score (nSPS) is 17.9. The first-order valence-corrected chi connectivity index (χ1v) is 9.59. The standard InChI is InChI=1S/C20H34N4O.HI/c1-4-21-20(23-16-18(3)24-12-14-25-15-13-24)22-11-10-17(2)19-8-6-5-7-9-19;/h5-9,17-18H,4,10-16H2,1-3H3,(H2,21,22,23);1H. The van der Waals surface area contributed by atoms with Gasteiger partial charge in [0.15, 0.2) is 5.96 Å². The molecular formula is C20H35IN4O. The Bertz CT molecular complexity index is 506.